The van der Waals surface area contributed by atoms with E-state index in [1.165, 1.54) is 5.56 Å². The molecule has 2 aromatic rings. The molecule has 1 aromatic heterocycles. The molecule has 6 heteroatoms. The van der Waals surface area contributed by atoms with Crippen molar-refractivity contribution in [2.45, 2.75) is 31.0 Å². The van der Waals surface area contributed by atoms with Gasteiger partial charge in [0.1, 0.15) is 18.4 Å². The molecule has 0 radical (unpaired) electrons. The molecular weight excluding hydrogens is 292 g/mol. The van der Waals surface area contributed by atoms with Crippen molar-refractivity contribution in [1.82, 2.24) is 19.7 Å². The van der Waals surface area contributed by atoms with Crippen molar-refractivity contribution in [1.29, 1.82) is 0 Å². The van der Waals surface area contributed by atoms with Crippen LogP contribution in [-0.2, 0) is 11.3 Å². The van der Waals surface area contributed by atoms with E-state index in [9.17, 15) is 0 Å². The normalized spacial score (nSPS) is 27.8. The predicted molar refractivity (Wildman–Crippen MR) is 85.2 cm³/mol. The summed E-state index contributed by atoms with van der Waals surface area (Å²) in [5.74, 6) is 0.905. The molecule has 122 valence electrons. The number of hydrogen-bond acceptors (Lipinski definition) is 5. The van der Waals surface area contributed by atoms with E-state index >= 15 is 0 Å². The summed E-state index contributed by atoms with van der Waals surface area (Å²) in [7, 11) is 1.70. The van der Waals surface area contributed by atoms with Crippen molar-refractivity contribution in [3.05, 3.63) is 42.5 Å². The molecule has 1 spiro atoms. The summed E-state index contributed by atoms with van der Waals surface area (Å²) in [5, 5.41) is 7.81. The topological polar surface area (TPSA) is 52.4 Å². The Balaban J connectivity index is 1.37. The highest BCUT2D eigenvalue weighted by Crippen LogP contribution is 2.40. The lowest BCUT2D eigenvalue weighted by Crippen LogP contribution is -2.32. The van der Waals surface area contributed by atoms with Gasteiger partial charge >= 0.3 is 0 Å². The average Bonchev–Trinajstić information content (AvgIpc) is 3.31. The van der Waals surface area contributed by atoms with Crippen LogP contribution in [0.4, 0.5) is 0 Å². The maximum Gasteiger partial charge on any atom is 0.119 e. The molecule has 0 bridgehead atoms. The number of hydrogen-bond donors (Lipinski definition) is 0. The predicted octanol–water partition coefficient (Wildman–Crippen LogP) is 1.89. The molecule has 2 atom stereocenters. The molecule has 2 fully saturated rings. The summed E-state index contributed by atoms with van der Waals surface area (Å²) < 4.78 is 13.5. The van der Waals surface area contributed by atoms with Crippen LogP contribution in [0.1, 0.15) is 24.4 Å². The average molecular weight is 314 g/mol. The lowest BCUT2D eigenvalue weighted by atomic mass is 9.97. The smallest absolute Gasteiger partial charge is 0.119 e. The number of benzene rings is 1. The molecule has 2 aliphatic rings. The summed E-state index contributed by atoms with van der Waals surface area (Å²) in [4.78, 5) is 2.48. The summed E-state index contributed by atoms with van der Waals surface area (Å²) in [6.07, 6.45) is 5.72. The van der Waals surface area contributed by atoms with Crippen molar-refractivity contribution in [3.8, 4) is 5.75 Å². The maximum atomic E-state index is 6.20. The van der Waals surface area contributed by atoms with Gasteiger partial charge < -0.3 is 14.0 Å². The number of nitrogens with zero attached hydrogens (tertiary/aromatic N) is 4. The van der Waals surface area contributed by atoms with Crippen LogP contribution >= 0.6 is 0 Å². The van der Waals surface area contributed by atoms with E-state index in [1.807, 2.05) is 12.1 Å². The van der Waals surface area contributed by atoms with Crippen LogP contribution in [0, 0.1) is 0 Å². The quantitative estimate of drug-likeness (QED) is 0.862. The minimum atomic E-state index is 0.00140. The van der Waals surface area contributed by atoms with Gasteiger partial charge in [-0.1, -0.05) is 12.1 Å². The molecule has 0 saturated carbocycles. The van der Waals surface area contributed by atoms with Crippen LogP contribution in [0.3, 0.4) is 0 Å². The molecule has 4 rings (SSSR count). The molecule has 0 N–H and O–H groups in total. The molecule has 0 aliphatic carbocycles. The highest BCUT2D eigenvalue weighted by Gasteiger charge is 2.45. The third-order valence-electron chi connectivity index (χ3n) is 5.01. The first kappa shape index (κ1) is 14.7. The number of methoxy groups -OCH3 is 1. The van der Waals surface area contributed by atoms with Gasteiger partial charge in [0.15, 0.2) is 0 Å². The third-order valence-corrected chi connectivity index (χ3v) is 5.01. The lowest BCUT2D eigenvalue weighted by molar-refractivity contribution is 0.0112. The second-order valence-corrected chi connectivity index (χ2v) is 6.57. The largest absolute Gasteiger partial charge is 0.497 e. The molecule has 6 nitrogen and oxygen atoms in total. The van der Waals surface area contributed by atoms with Gasteiger partial charge in [0.2, 0.25) is 0 Å². The van der Waals surface area contributed by atoms with E-state index in [2.05, 4.69) is 31.8 Å². The van der Waals surface area contributed by atoms with E-state index < -0.39 is 0 Å². The maximum absolute atomic E-state index is 6.20. The first-order valence-electron chi connectivity index (χ1n) is 8.10. The van der Waals surface area contributed by atoms with E-state index in [4.69, 9.17) is 9.47 Å². The SMILES string of the molecule is COc1ccc(CN2CC[C@]3(C[C@H](n4cnnc4)CO3)C2)cc1. The monoisotopic (exact) mass is 314 g/mol. The molecule has 3 heterocycles. The zero-order chi connectivity index (χ0) is 15.7. The molecule has 2 saturated heterocycles. The lowest BCUT2D eigenvalue weighted by Gasteiger charge is -2.23. The summed E-state index contributed by atoms with van der Waals surface area (Å²) >= 11 is 0. The Hall–Kier alpha value is -1.92. The molecular formula is C17H22N4O2. The van der Waals surface area contributed by atoms with E-state index in [-0.39, 0.29) is 5.60 Å². The Labute approximate surface area is 136 Å². The van der Waals surface area contributed by atoms with Gasteiger partial charge in [-0.15, -0.1) is 10.2 Å². The van der Waals surface area contributed by atoms with Crippen molar-refractivity contribution in [2.24, 2.45) is 0 Å². The van der Waals surface area contributed by atoms with Gasteiger partial charge in [-0.3, -0.25) is 4.90 Å². The second-order valence-electron chi connectivity index (χ2n) is 6.57. The van der Waals surface area contributed by atoms with Crippen molar-refractivity contribution in [2.75, 3.05) is 26.8 Å². The fraction of sp³-hybridized carbons (Fsp3) is 0.529. The Bertz CT molecular complexity index is 643. The molecule has 0 unspecified atom stereocenters. The fourth-order valence-corrected chi connectivity index (χ4v) is 3.75. The fourth-order valence-electron chi connectivity index (χ4n) is 3.75. The number of aromatic nitrogens is 3. The van der Waals surface area contributed by atoms with Crippen LogP contribution < -0.4 is 4.74 Å². The Morgan fingerprint density at radius 3 is 2.78 bits per heavy atom. The van der Waals surface area contributed by atoms with Crippen LogP contribution in [0.2, 0.25) is 0 Å². The minimum Gasteiger partial charge on any atom is -0.497 e. The number of rotatable bonds is 4. The van der Waals surface area contributed by atoms with E-state index in [1.54, 1.807) is 19.8 Å². The highest BCUT2D eigenvalue weighted by molar-refractivity contribution is 5.27. The first-order valence-corrected chi connectivity index (χ1v) is 8.10. The second kappa shape index (κ2) is 5.94. The van der Waals surface area contributed by atoms with Crippen molar-refractivity contribution >= 4 is 0 Å². The van der Waals surface area contributed by atoms with Gasteiger partial charge in [-0.25, -0.2) is 0 Å². The van der Waals surface area contributed by atoms with E-state index in [0.29, 0.717) is 6.04 Å². The van der Waals surface area contributed by atoms with Gasteiger partial charge in [-0.05, 0) is 24.1 Å². The van der Waals surface area contributed by atoms with Crippen LogP contribution in [0.25, 0.3) is 0 Å². The first-order chi connectivity index (χ1) is 11.3. The standard InChI is InChI=1S/C17H22N4O2/c1-22-16-4-2-14(3-5-16)9-20-7-6-17(11-20)8-15(10-23-17)21-12-18-19-13-21/h2-5,12-13,15H,6-11H2,1H3/t15-,17-/m0/s1. The summed E-state index contributed by atoms with van der Waals surface area (Å²) in [5.41, 5.74) is 1.32. The van der Waals surface area contributed by atoms with E-state index in [0.717, 1.165) is 44.8 Å². The highest BCUT2D eigenvalue weighted by atomic mass is 16.5. The summed E-state index contributed by atoms with van der Waals surface area (Å²) in [6.45, 7) is 3.80. The summed E-state index contributed by atoms with van der Waals surface area (Å²) in [6, 6.07) is 8.69. The zero-order valence-electron chi connectivity index (χ0n) is 13.4. The van der Waals surface area contributed by atoms with Crippen molar-refractivity contribution in [3.63, 3.8) is 0 Å². The van der Waals surface area contributed by atoms with Gasteiger partial charge in [0.05, 0.1) is 25.4 Å². The van der Waals surface area contributed by atoms with Crippen LogP contribution in [0.5, 0.6) is 5.75 Å². The Morgan fingerprint density at radius 2 is 2.04 bits per heavy atom. The van der Waals surface area contributed by atoms with Gasteiger partial charge in [0.25, 0.3) is 0 Å². The minimum absolute atomic E-state index is 0.00140. The molecule has 1 aromatic carbocycles. The molecule has 23 heavy (non-hydrogen) atoms. The van der Waals surface area contributed by atoms with Gasteiger partial charge in [-0.2, -0.15) is 0 Å². The Kier molecular flexibility index (Phi) is 3.79. The van der Waals surface area contributed by atoms with Gasteiger partial charge in [0, 0.05) is 26.1 Å². The molecule has 0 amide bonds. The Morgan fingerprint density at radius 1 is 1.26 bits per heavy atom. The number of ether oxygens (including phenoxy) is 2. The number of likely N-dealkylation sites (tertiary alicyclic amines) is 1. The molecule has 2 aliphatic heterocycles. The van der Waals surface area contributed by atoms with Crippen LogP contribution in [-0.4, -0.2) is 52.1 Å². The van der Waals surface area contributed by atoms with Crippen LogP contribution in [0.15, 0.2) is 36.9 Å². The van der Waals surface area contributed by atoms with Crippen molar-refractivity contribution < 1.29 is 9.47 Å². The third kappa shape index (κ3) is 2.96. The zero-order valence-corrected chi connectivity index (χ0v) is 13.4.